The fourth-order valence-corrected chi connectivity index (χ4v) is 3.53. The Morgan fingerprint density at radius 1 is 1.17 bits per heavy atom. The van der Waals surface area contributed by atoms with Crippen LogP contribution >= 0.6 is 0 Å². The van der Waals surface area contributed by atoms with E-state index in [1.54, 1.807) is 19.1 Å². The number of non-ortho nitro benzene ring substituents is 1. The van der Waals surface area contributed by atoms with E-state index < -0.39 is 10.9 Å². The highest BCUT2D eigenvalue weighted by Crippen LogP contribution is 2.29. The number of esters is 1. The quantitative estimate of drug-likeness (QED) is 0.214. The van der Waals surface area contributed by atoms with E-state index in [-0.39, 0.29) is 23.7 Å². The van der Waals surface area contributed by atoms with Crippen molar-refractivity contribution in [3.8, 4) is 11.5 Å². The molecule has 148 valence electrons. The number of fused-ring (bicyclic) bond motifs is 3. The molecule has 0 spiro atoms. The molecular weight excluding hydrogens is 378 g/mol. The Kier molecular flexibility index (Phi) is 4.75. The first-order valence-electron chi connectivity index (χ1n) is 9.09. The molecule has 2 aromatic carbocycles. The summed E-state index contributed by atoms with van der Waals surface area (Å²) in [6, 6.07) is 9.06. The molecule has 0 atom stereocenters. The smallest absolute Gasteiger partial charge is 0.349 e. The van der Waals surface area contributed by atoms with Gasteiger partial charge in [0.05, 0.1) is 4.92 Å². The maximum absolute atomic E-state index is 12.1. The van der Waals surface area contributed by atoms with E-state index in [2.05, 4.69) is 0 Å². The topological polar surface area (TPSA) is 109 Å². The second kappa shape index (κ2) is 7.38. The number of nitro groups is 1. The summed E-state index contributed by atoms with van der Waals surface area (Å²) in [5, 5.41) is 11.6. The third kappa shape index (κ3) is 3.69. The van der Waals surface area contributed by atoms with Gasteiger partial charge in [0.1, 0.15) is 17.1 Å². The molecule has 1 aromatic heterocycles. The zero-order valence-corrected chi connectivity index (χ0v) is 15.6. The number of hydrogen-bond donors (Lipinski definition) is 0. The SMILES string of the molecule is Cc1cc([N+](=O)[O-])ccc1OCC(=O)Oc1ccc2c3c(c(=O)oc2c1)CCC3. The first-order chi connectivity index (χ1) is 13.9. The molecule has 0 saturated heterocycles. The van der Waals surface area contributed by atoms with Crippen molar-refractivity contribution in [2.45, 2.75) is 26.2 Å². The molecule has 8 heteroatoms. The van der Waals surface area contributed by atoms with Crippen molar-refractivity contribution in [2.24, 2.45) is 0 Å². The maximum atomic E-state index is 12.1. The third-order valence-electron chi connectivity index (χ3n) is 4.89. The van der Waals surface area contributed by atoms with E-state index in [9.17, 15) is 19.7 Å². The molecule has 0 fully saturated rings. The van der Waals surface area contributed by atoms with Gasteiger partial charge in [-0.15, -0.1) is 0 Å². The number of hydrogen-bond acceptors (Lipinski definition) is 7. The molecule has 1 aliphatic rings. The van der Waals surface area contributed by atoms with Gasteiger partial charge in [-0.3, -0.25) is 10.1 Å². The molecular formula is C21H17NO7. The molecule has 1 aliphatic carbocycles. The fraction of sp³-hybridized carbons (Fsp3) is 0.238. The first-order valence-corrected chi connectivity index (χ1v) is 9.09. The Hall–Kier alpha value is -3.68. The zero-order chi connectivity index (χ0) is 20.5. The van der Waals surface area contributed by atoms with E-state index in [0.717, 1.165) is 35.8 Å². The van der Waals surface area contributed by atoms with Crippen LogP contribution in [0, 0.1) is 17.0 Å². The van der Waals surface area contributed by atoms with Crippen molar-refractivity contribution >= 4 is 22.6 Å². The summed E-state index contributed by atoms with van der Waals surface area (Å²) in [7, 11) is 0. The molecule has 0 aliphatic heterocycles. The number of ether oxygens (including phenoxy) is 2. The molecule has 0 N–H and O–H groups in total. The van der Waals surface area contributed by atoms with Gasteiger partial charge in [0.15, 0.2) is 6.61 Å². The van der Waals surface area contributed by atoms with Crippen LogP contribution in [-0.4, -0.2) is 17.5 Å². The highest BCUT2D eigenvalue weighted by Gasteiger charge is 2.20. The lowest BCUT2D eigenvalue weighted by Gasteiger charge is -2.10. The highest BCUT2D eigenvalue weighted by molar-refractivity contribution is 5.84. The molecule has 0 bridgehead atoms. The van der Waals surface area contributed by atoms with Crippen LogP contribution in [0.25, 0.3) is 11.0 Å². The van der Waals surface area contributed by atoms with Crippen LogP contribution in [-0.2, 0) is 17.6 Å². The van der Waals surface area contributed by atoms with Gasteiger partial charge in [-0.1, -0.05) is 0 Å². The Labute approximate surface area is 164 Å². The van der Waals surface area contributed by atoms with Crippen molar-refractivity contribution < 1.29 is 23.6 Å². The summed E-state index contributed by atoms with van der Waals surface area (Å²) in [6.45, 7) is 1.28. The molecule has 8 nitrogen and oxygen atoms in total. The summed E-state index contributed by atoms with van der Waals surface area (Å²) in [4.78, 5) is 34.5. The standard InChI is InChI=1S/C21H17NO7/c1-12-9-13(22(25)26)5-8-18(12)27-11-20(23)28-14-6-7-16-15-3-2-4-17(15)21(24)29-19(16)10-14/h5-10H,2-4,11H2,1H3. The van der Waals surface area contributed by atoms with E-state index in [1.807, 2.05) is 0 Å². The zero-order valence-electron chi connectivity index (χ0n) is 15.6. The van der Waals surface area contributed by atoms with Crippen molar-refractivity contribution in [1.29, 1.82) is 0 Å². The van der Waals surface area contributed by atoms with Crippen molar-refractivity contribution in [3.63, 3.8) is 0 Å². The van der Waals surface area contributed by atoms with Crippen LogP contribution in [0.15, 0.2) is 45.6 Å². The largest absolute Gasteiger partial charge is 0.482 e. The number of benzene rings is 2. The fourth-order valence-electron chi connectivity index (χ4n) is 3.53. The number of nitro benzene ring substituents is 1. The molecule has 0 amide bonds. The lowest BCUT2D eigenvalue weighted by Crippen LogP contribution is -2.18. The lowest BCUT2D eigenvalue weighted by atomic mass is 10.1. The van der Waals surface area contributed by atoms with E-state index >= 15 is 0 Å². The molecule has 0 saturated carbocycles. The highest BCUT2D eigenvalue weighted by atomic mass is 16.6. The predicted molar refractivity (Wildman–Crippen MR) is 103 cm³/mol. The van der Waals surface area contributed by atoms with Gasteiger partial charge in [-0.05, 0) is 55.5 Å². The second-order valence-electron chi connectivity index (χ2n) is 6.83. The third-order valence-corrected chi connectivity index (χ3v) is 4.89. The summed E-state index contributed by atoms with van der Waals surface area (Å²) >= 11 is 0. The van der Waals surface area contributed by atoms with Crippen LogP contribution < -0.4 is 15.1 Å². The summed E-state index contributed by atoms with van der Waals surface area (Å²) in [5.74, 6) is -0.0501. The average molecular weight is 395 g/mol. The summed E-state index contributed by atoms with van der Waals surface area (Å²) in [5.41, 5.74) is 2.26. The predicted octanol–water partition coefficient (Wildman–Crippen LogP) is 3.48. The summed E-state index contributed by atoms with van der Waals surface area (Å²) < 4.78 is 16.0. The molecule has 4 rings (SSSR count). The molecule has 1 heterocycles. The van der Waals surface area contributed by atoms with Gasteiger partial charge in [-0.2, -0.15) is 0 Å². The summed E-state index contributed by atoms with van der Waals surface area (Å²) in [6.07, 6.45) is 2.48. The van der Waals surface area contributed by atoms with E-state index in [4.69, 9.17) is 13.9 Å². The molecule has 0 radical (unpaired) electrons. The van der Waals surface area contributed by atoms with Crippen molar-refractivity contribution in [3.05, 3.63) is 73.6 Å². The lowest BCUT2D eigenvalue weighted by molar-refractivity contribution is -0.384. The van der Waals surface area contributed by atoms with Crippen LogP contribution in [0.2, 0.25) is 0 Å². The van der Waals surface area contributed by atoms with Gasteiger partial charge < -0.3 is 13.9 Å². The van der Waals surface area contributed by atoms with Crippen LogP contribution in [0.4, 0.5) is 5.69 Å². The Balaban J connectivity index is 1.46. The molecule has 3 aromatic rings. The normalized spacial score (nSPS) is 12.6. The number of carbonyl (C=O) groups excluding carboxylic acids is 1. The van der Waals surface area contributed by atoms with E-state index in [0.29, 0.717) is 16.9 Å². The first kappa shape index (κ1) is 18.7. The number of carbonyl (C=O) groups is 1. The van der Waals surface area contributed by atoms with Gasteiger partial charge in [0.2, 0.25) is 0 Å². The van der Waals surface area contributed by atoms with Crippen molar-refractivity contribution in [1.82, 2.24) is 0 Å². The van der Waals surface area contributed by atoms with Crippen LogP contribution in [0.1, 0.15) is 23.1 Å². The minimum atomic E-state index is -0.648. The van der Waals surface area contributed by atoms with Crippen LogP contribution in [0.5, 0.6) is 11.5 Å². The average Bonchev–Trinajstić information content (AvgIpc) is 3.17. The minimum absolute atomic E-state index is 0.0541. The molecule has 29 heavy (non-hydrogen) atoms. The minimum Gasteiger partial charge on any atom is -0.482 e. The van der Waals surface area contributed by atoms with E-state index in [1.165, 1.54) is 24.3 Å². The number of nitrogens with zero attached hydrogens (tertiary/aromatic N) is 1. The van der Waals surface area contributed by atoms with Crippen molar-refractivity contribution in [2.75, 3.05) is 6.61 Å². The maximum Gasteiger partial charge on any atom is 0.349 e. The Bertz CT molecular complexity index is 1200. The number of rotatable bonds is 5. The number of aryl methyl sites for hydroxylation is 2. The monoisotopic (exact) mass is 395 g/mol. The van der Waals surface area contributed by atoms with Crippen LogP contribution in [0.3, 0.4) is 0 Å². The van der Waals surface area contributed by atoms with Gasteiger partial charge in [0, 0.05) is 29.1 Å². The van der Waals surface area contributed by atoms with Gasteiger partial charge in [0.25, 0.3) is 5.69 Å². The Morgan fingerprint density at radius 2 is 1.97 bits per heavy atom. The molecule has 0 unspecified atom stereocenters. The second-order valence-corrected chi connectivity index (χ2v) is 6.83. The Morgan fingerprint density at radius 3 is 2.72 bits per heavy atom. The van der Waals surface area contributed by atoms with Gasteiger partial charge in [-0.25, -0.2) is 9.59 Å². The van der Waals surface area contributed by atoms with Gasteiger partial charge >= 0.3 is 11.6 Å².